The van der Waals surface area contributed by atoms with Gasteiger partial charge in [-0.05, 0) is 12.1 Å². The number of nitrogens with zero attached hydrogens (tertiary/aromatic N) is 1. The fourth-order valence-electron chi connectivity index (χ4n) is 3.02. The largest absolute Gasteiger partial charge is 0.493 e. The van der Waals surface area contributed by atoms with Crippen molar-refractivity contribution in [2.24, 2.45) is 10.5 Å². The number of allylic oxidation sites excluding steroid dienone is 1. The number of ketones is 1. The number of nitrogens with one attached hydrogen (secondary N) is 2. The molecule has 0 radical (unpaired) electrons. The number of ether oxygens (including phenoxy) is 4. The number of hydrogen-bond donors (Lipinski definition) is 2. The fourth-order valence-corrected chi connectivity index (χ4v) is 3.47. The average Bonchev–Trinajstić information content (AvgIpc) is 2.92. The molecule has 1 spiro atoms. The van der Waals surface area contributed by atoms with Crippen molar-refractivity contribution < 1.29 is 23.7 Å². The Morgan fingerprint density at radius 3 is 2.45 bits per heavy atom. The van der Waals surface area contributed by atoms with Crippen LogP contribution in [0.15, 0.2) is 28.0 Å². The number of carbonyl (C=O) groups is 1. The number of methoxy groups -OCH3 is 1. The zero-order valence-electron chi connectivity index (χ0n) is 16.4. The van der Waals surface area contributed by atoms with E-state index in [9.17, 15) is 4.79 Å². The summed E-state index contributed by atoms with van der Waals surface area (Å²) in [5.41, 5.74) is 5.63. The van der Waals surface area contributed by atoms with Gasteiger partial charge in [0.05, 0.1) is 31.3 Å². The van der Waals surface area contributed by atoms with Gasteiger partial charge in [-0.15, -0.1) is 5.10 Å². The Hall–Kier alpha value is -2.16. The zero-order chi connectivity index (χ0) is 21.0. The molecule has 3 heterocycles. The maximum absolute atomic E-state index is 13.0. The van der Waals surface area contributed by atoms with Gasteiger partial charge < -0.3 is 18.9 Å². The van der Waals surface area contributed by atoms with Crippen molar-refractivity contribution in [3.63, 3.8) is 0 Å². The van der Waals surface area contributed by atoms with Gasteiger partial charge in [0.15, 0.2) is 22.5 Å². The first-order chi connectivity index (χ1) is 14.0. The van der Waals surface area contributed by atoms with Crippen molar-refractivity contribution in [2.75, 3.05) is 33.5 Å². The molecule has 0 atom stereocenters. The average molecular weight is 444 g/mol. The lowest BCUT2D eigenvalue weighted by Gasteiger charge is -2.38. The van der Waals surface area contributed by atoms with Crippen LogP contribution in [0.3, 0.4) is 0 Å². The number of hydrazone groups is 1. The van der Waals surface area contributed by atoms with E-state index >= 15 is 0 Å². The summed E-state index contributed by atoms with van der Waals surface area (Å²) < 4.78 is 22.6. The first kappa shape index (κ1) is 21.5. The van der Waals surface area contributed by atoms with Crippen molar-refractivity contribution in [2.45, 2.75) is 20.3 Å². The Kier molecular flexibility index (Phi) is 6.77. The van der Waals surface area contributed by atoms with E-state index in [0.717, 1.165) is 0 Å². The summed E-state index contributed by atoms with van der Waals surface area (Å²) >= 11 is 12.1. The summed E-state index contributed by atoms with van der Waals surface area (Å²) in [4.78, 5) is 13.0. The third-order valence-electron chi connectivity index (χ3n) is 4.63. The maximum atomic E-state index is 13.0. The van der Waals surface area contributed by atoms with Crippen molar-refractivity contribution in [1.29, 1.82) is 0 Å². The molecule has 2 N–H and O–H groups in total. The van der Waals surface area contributed by atoms with E-state index in [1.54, 1.807) is 12.1 Å². The van der Waals surface area contributed by atoms with Crippen LogP contribution in [0.5, 0.6) is 17.2 Å². The van der Waals surface area contributed by atoms with Crippen LogP contribution in [-0.2, 0) is 4.74 Å². The summed E-state index contributed by atoms with van der Waals surface area (Å²) in [6.07, 6.45) is -0.0494. The summed E-state index contributed by atoms with van der Waals surface area (Å²) in [7, 11) is 1.54. The first-order valence-electron chi connectivity index (χ1n) is 9.24. The van der Waals surface area contributed by atoms with Crippen molar-refractivity contribution >= 4 is 34.2 Å². The van der Waals surface area contributed by atoms with E-state index < -0.39 is 0 Å². The molecule has 10 heteroatoms. The molecule has 0 unspecified atom stereocenters. The first-order valence-corrected chi connectivity index (χ1v) is 9.99. The second-order valence-electron chi connectivity index (χ2n) is 6.58. The highest BCUT2D eigenvalue weighted by atomic mass is 35.5. The molecule has 1 fully saturated rings. The molecule has 1 aromatic carbocycles. The Labute approximate surface area is 179 Å². The molecule has 3 aliphatic heterocycles. The number of carbonyl (C=O) groups excluding carboxylic acids is 1. The molecule has 29 heavy (non-hydrogen) atoms. The van der Waals surface area contributed by atoms with E-state index in [1.807, 2.05) is 13.8 Å². The van der Waals surface area contributed by atoms with E-state index in [2.05, 4.69) is 16.1 Å². The molecular formula is C19H23Cl2N3O5. The van der Waals surface area contributed by atoms with Crippen LogP contribution in [0.25, 0.3) is 0 Å². The predicted molar refractivity (Wildman–Crippen MR) is 110 cm³/mol. The maximum Gasteiger partial charge on any atom is 0.204 e. The lowest BCUT2D eigenvalue weighted by atomic mass is 9.88. The van der Waals surface area contributed by atoms with Gasteiger partial charge in [0.25, 0.3) is 0 Å². The number of fused-ring (bicyclic) bond motifs is 1. The quantitative estimate of drug-likeness (QED) is 0.545. The molecule has 0 aliphatic carbocycles. The lowest BCUT2D eigenvalue weighted by Crippen LogP contribution is -2.50. The van der Waals surface area contributed by atoms with Gasteiger partial charge >= 0.3 is 0 Å². The Morgan fingerprint density at radius 2 is 1.86 bits per heavy atom. The number of benzene rings is 1. The van der Waals surface area contributed by atoms with Crippen LogP contribution in [0.4, 0.5) is 0 Å². The third-order valence-corrected chi connectivity index (χ3v) is 5.26. The lowest BCUT2D eigenvalue weighted by molar-refractivity contribution is -0.143. The molecule has 1 saturated heterocycles. The van der Waals surface area contributed by atoms with Gasteiger partial charge in [-0.25, -0.2) is 5.53 Å². The van der Waals surface area contributed by atoms with Crippen molar-refractivity contribution in [1.82, 2.24) is 11.0 Å². The van der Waals surface area contributed by atoms with Crippen LogP contribution >= 0.6 is 23.2 Å². The molecule has 0 amide bonds. The molecule has 0 aromatic heterocycles. The van der Waals surface area contributed by atoms with Gasteiger partial charge in [0.1, 0.15) is 18.4 Å². The van der Waals surface area contributed by atoms with E-state index in [0.29, 0.717) is 54.8 Å². The van der Waals surface area contributed by atoms with Crippen LogP contribution in [-0.4, -0.2) is 44.5 Å². The minimum atomic E-state index is -0.233. The number of rotatable bonds is 4. The summed E-state index contributed by atoms with van der Waals surface area (Å²) in [5.74, 6) is 1.04. The normalized spacial score (nSPS) is 18.9. The highest BCUT2D eigenvalue weighted by molar-refractivity contribution is 6.70. The molecule has 4 rings (SSSR count). The minimum absolute atomic E-state index is 0.0494. The number of halogens is 2. The molecule has 158 valence electrons. The summed E-state index contributed by atoms with van der Waals surface area (Å²) in [5, 5.41) is 4.15. The minimum Gasteiger partial charge on any atom is -0.493 e. The summed E-state index contributed by atoms with van der Waals surface area (Å²) in [6, 6.07) is 3.32. The second-order valence-corrected chi connectivity index (χ2v) is 7.31. The van der Waals surface area contributed by atoms with E-state index in [1.165, 1.54) is 7.11 Å². The number of Topliss-reactive ketones (excluding diaryl/α,β-unsaturated/α-hetero) is 1. The van der Waals surface area contributed by atoms with Gasteiger partial charge in [-0.2, -0.15) is 0 Å². The topological polar surface area (TPSA) is 90.4 Å². The van der Waals surface area contributed by atoms with Crippen molar-refractivity contribution in [3.8, 4) is 17.2 Å². The van der Waals surface area contributed by atoms with Crippen LogP contribution < -0.4 is 25.2 Å². The predicted octanol–water partition coefficient (Wildman–Crippen LogP) is 3.19. The SMILES string of the molecule is CC.COc1ccc(C(=O)CC2=C(Cl)NNN=C2Cl)c2c1OCC1(COC1)CO2. The highest BCUT2D eigenvalue weighted by Crippen LogP contribution is 2.45. The molecule has 3 aliphatic rings. The van der Waals surface area contributed by atoms with Crippen LogP contribution in [0.2, 0.25) is 0 Å². The molecule has 8 nitrogen and oxygen atoms in total. The van der Waals surface area contributed by atoms with Crippen molar-refractivity contribution in [3.05, 3.63) is 28.4 Å². The van der Waals surface area contributed by atoms with Crippen LogP contribution in [0.1, 0.15) is 30.6 Å². The Morgan fingerprint density at radius 1 is 1.17 bits per heavy atom. The third kappa shape index (κ3) is 4.24. The molecular weight excluding hydrogens is 421 g/mol. The molecule has 0 saturated carbocycles. The van der Waals surface area contributed by atoms with E-state index in [4.69, 9.17) is 42.1 Å². The van der Waals surface area contributed by atoms with Gasteiger partial charge in [-0.1, -0.05) is 37.0 Å². The van der Waals surface area contributed by atoms with E-state index in [-0.39, 0.29) is 27.9 Å². The monoisotopic (exact) mass is 443 g/mol. The Balaban J connectivity index is 0.00000117. The second kappa shape index (κ2) is 9.11. The zero-order valence-corrected chi connectivity index (χ0v) is 17.9. The smallest absolute Gasteiger partial charge is 0.204 e. The Bertz CT molecular complexity index is 852. The highest BCUT2D eigenvalue weighted by Gasteiger charge is 2.43. The molecule has 1 aromatic rings. The van der Waals surface area contributed by atoms with Gasteiger partial charge in [-0.3, -0.25) is 10.2 Å². The standard InChI is InChI=1S/C17H17Cl2N3O5.C2H6/c1-24-12-3-2-9(11(23)4-10-15(18)20-22-21-16(10)19)13-14(12)27-8-17(7-26-13)5-25-6-17;1-2/h2-3,20,22H,4-8H2,1H3;1-2H3. The fraction of sp³-hybridized carbons (Fsp3) is 0.474. The molecule has 0 bridgehead atoms. The van der Waals surface area contributed by atoms with Gasteiger partial charge in [0.2, 0.25) is 5.75 Å². The van der Waals surface area contributed by atoms with Gasteiger partial charge in [0, 0.05) is 12.0 Å². The number of hydrogen-bond acceptors (Lipinski definition) is 8. The summed E-state index contributed by atoms with van der Waals surface area (Å²) in [6.45, 7) is 5.93. The van der Waals surface area contributed by atoms with Crippen LogP contribution in [0, 0.1) is 5.41 Å². The number of hydrazine groups is 1.